The summed E-state index contributed by atoms with van der Waals surface area (Å²) in [6, 6.07) is 0. The van der Waals surface area contributed by atoms with Crippen molar-refractivity contribution in [2.24, 2.45) is 0 Å². The van der Waals surface area contributed by atoms with E-state index in [0.29, 0.717) is 5.75 Å². The van der Waals surface area contributed by atoms with E-state index in [1.165, 1.54) is 0 Å². The zero-order valence-electron chi connectivity index (χ0n) is 9.38. The van der Waals surface area contributed by atoms with Gasteiger partial charge in [-0.1, -0.05) is 26.7 Å². The van der Waals surface area contributed by atoms with Gasteiger partial charge >= 0.3 is 0 Å². The van der Waals surface area contributed by atoms with Crippen molar-refractivity contribution in [2.45, 2.75) is 39.5 Å². The topological polar surface area (TPSA) is 46.2 Å². The Kier molecular flexibility index (Phi) is 8.18. The third-order valence-electron chi connectivity index (χ3n) is 2.25. The molecule has 14 heavy (non-hydrogen) atoms. The summed E-state index contributed by atoms with van der Waals surface area (Å²) in [6.45, 7) is 5.87. The van der Waals surface area contributed by atoms with Crippen LogP contribution in [-0.2, 0) is 9.84 Å². The highest BCUT2D eigenvalue weighted by Gasteiger charge is 2.05. The van der Waals surface area contributed by atoms with Gasteiger partial charge in [-0.15, -0.1) is 0 Å². The molecule has 0 heterocycles. The lowest BCUT2D eigenvalue weighted by molar-refractivity contribution is 0.583. The predicted octanol–water partition coefficient (Wildman–Crippen LogP) is 1.59. The van der Waals surface area contributed by atoms with Crippen molar-refractivity contribution in [3.05, 3.63) is 0 Å². The van der Waals surface area contributed by atoms with Crippen molar-refractivity contribution in [2.75, 3.05) is 24.6 Å². The monoisotopic (exact) mass is 221 g/mol. The summed E-state index contributed by atoms with van der Waals surface area (Å²) in [5, 5.41) is 3.25. The Hall–Kier alpha value is -0.0900. The molecular weight excluding hydrogens is 198 g/mol. The van der Waals surface area contributed by atoms with Crippen LogP contribution in [0.25, 0.3) is 0 Å². The Morgan fingerprint density at radius 2 is 1.64 bits per heavy atom. The minimum atomic E-state index is -2.73. The molecular formula is C10H23NO2S. The molecule has 0 atom stereocenters. The second kappa shape index (κ2) is 8.24. The van der Waals surface area contributed by atoms with Crippen LogP contribution < -0.4 is 5.32 Å². The van der Waals surface area contributed by atoms with Crippen LogP contribution in [0.1, 0.15) is 39.5 Å². The van der Waals surface area contributed by atoms with Crippen molar-refractivity contribution in [1.29, 1.82) is 0 Å². The standard InChI is InChI=1S/C10H23NO2S/c1-3-11-9-7-5-6-8-10-14(12,13)4-2/h11H,3-10H2,1-2H3. The van der Waals surface area contributed by atoms with E-state index in [2.05, 4.69) is 12.2 Å². The molecule has 0 aliphatic carbocycles. The Labute approximate surface area is 88.2 Å². The summed E-state index contributed by atoms with van der Waals surface area (Å²) in [4.78, 5) is 0. The van der Waals surface area contributed by atoms with E-state index in [4.69, 9.17) is 0 Å². The first-order valence-electron chi connectivity index (χ1n) is 5.53. The van der Waals surface area contributed by atoms with E-state index < -0.39 is 9.84 Å². The van der Waals surface area contributed by atoms with E-state index >= 15 is 0 Å². The first-order chi connectivity index (χ1) is 6.62. The van der Waals surface area contributed by atoms with Crippen LogP contribution in [0.15, 0.2) is 0 Å². The molecule has 3 nitrogen and oxygen atoms in total. The molecule has 0 amide bonds. The highest BCUT2D eigenvalue weighted by atomic mass is 32.2. The van der Waals surface area contributed by atoms with Gasteiger partial charge < -0.3 is 5.32 Å². The van der Waals surface area contributed by atoms with Crippen molar-refractivity contribution in [1.82, 2.24) is 5.32 Å². The first-order valence-corrected chi connectivity index (χ1v) is 7.35. The molecule has 0 bridgehead atoms. The van der Waals surface area contributed by atoms with E-state index in [9.17, 15) is 8.42 Å². The van der Waals surface area contributed by atoms with Crippen LogP contribution in [0.4, 0.5) is 0 Å². The molecule has 0 aliphatic rings. The van der Waals surface area contributed by atoms with Gasteiger partial charge in [0.25, 0.3) is 0 Å². The summed E-state index contributed by atoms with van der Waals surface area (Å²) < 4.78 is 22.2. The number of nitrogens with one attached hydrogen (secondary N) is 1. The highest BCUT2D eigenvalue weighted by Crippen LogP contribution is 2.02. The normalized spacial score (nSPS) is 11.9. The van der Waals surface area contributed by atoms with Crippen LogP contribution in [-0.4, -0.2) is 33.0 Å². The molecule has 0 aromatic rings. The SMILES string of the molecule is CCNCCCCCCS(=O)(=O)CC. The van der Waals surface area contributed by atoms with Gasteiger partial charge in [0.1, 0.15) is 9.84 Å². The fourth-order valence-corrected chi connectivity index (χ4v) is 2.18. The molecule has 0 rings (SSSR count). The van der Waals surface area contributed by atoms with Gasteiger partial charge in [-0.2, -0.15) is 0 Å². The largest absolute Gasteiger partial charge is 0.317 e. The second-order valence-corrected chi connectivity index (χ2v) is 5.98. The summed E-state index contributed by atoms with van der Waals surface area (Å²) in [5.74, 6) is 0.648. The molecule has 0 fully saturated rings. The maximum absolute atomic E-state index is 11.1. The molecule has 0 saturated carbocycles. The fraction of sp³-hybridized carbons (Fsp3) is 1.00. The minimum Gasteiger partial charge on any atom is -0.317 e. The maximum atomic E-state index is 11.1. The Morgan fingerprint density at radius 1 is 1.00 bits per heavy atom. The maximum Gasteiger partial charge on any atom is 0.150 e. The molecule has 0 aliphatic heterocycles. The van der Waals surface area contributed by atoms with Crippen LogP contribution in [0.5, 0.6) is 0 Å². The first kappa shape index (κ1) is 13.9. The van der Waals surface area contributed by atoms with Crippen molar-refractivity contribution in [3.63, 3.8) is 0 Å². The van der Waals surface area contributed by atoms with Crippen LogP contribution in [0.2, 0.25) is 0 Å². The third kappa shape index (κ3) is 8.51. The molecule has 86 valence electrons. The van der Waals surface area contributed by atoms with E-state index in [1.807, 2.05) is 0 Å². The van der Waals surface area contributed by atoms with Gasteiger partial charge in [-0.3, -0.25) is 0 Å². The number of unbranched alkanes of at least 4 members (excludes halogenated alkanes) is 3. The molecule has 0 aromatic carbocycles. The van der Waals surface area contributed by atoms with E-state index in [1.54, 1.807) is 6.92 Å². The zero-order chi connectivity index (χ0) is 10.9. The van der Waals surface area contributed by atoms with Crippen LogP contribution >= 0.6 is 0 Å². The van der Waals surface area contributed by atoms with Gasteiger partial charge in [-0.05, 0) is 25.9 Å². The smallest absolute Gasteiger partial charge is 0.150 e. The van der Waals surface area contributed by atoms with Gasteiger partial charge in [0.05, 0.1) is 5.75 Å². The fourth-order valence-electron chi connectivity index (χ4n) is 1.25. The summed E-state index contributed by atoms with van der Waals surface area (Å²) in [6.07, 6.45) is 4.14. The quantitative estimate of drug-likeness (QED) is 0.601. The van der Waals surface area contributed by atoms with Gasteiger partial charge in [0, 0.05) is 5.75 Å². The number of sulfone groups is 1. The predicted molar refractivity (Wildman–Crippen MR) is 61.3 cm³/mol. The molecule has 0 unspecified atom stereocenters. The minimum absolute atomic E-state index is 0.282. The van der Waals surface area contributed by atoms with E-state index in [-0.39, 0.29) is 5.75 Å². The average molecular weight is 221 g/mol. The van der Waals surface area contributed by atoms with Crippen molar-refractivity contribution in [3.8, 4) is 0 Å². The van der Waals surface area contributed by atoms with Crippen molar-refractivity contribution >= 4 is 9.84 Å². The van der Waals surface area contributed by atoms with Crippen molar-refractivity contribution < 1.29 is 8.42 Å². The highest BCUT2D eigenvalue weighted by molar-refractivity contribution is 7.91. The lowest BCUT2D eigenvalue weighted by Gasteiger charge is -2.02. The molecule has 0 aromatic heterocycles. The second-order valence-electron chi connectivity index (χ2n) is 3.50. The van der Waals surface area contributed by atoms with Crippen LogP contribution in [0.3, 0.4) is 0 Å². The lowest BCUT2D eigenvalue weighted by Crippen LogP contribution is -2.14. The Balaban J connectivity index is 3.22. The molecule has 1 N–H and O–H groups in total. The Bertz CT molecular complexity index is 212. The average Bonchev–Trinajstić information content (AvgIpc) is 2.16. The molecule has 0 spiro atoms. The zero-order valence-corrected chi connectivity index (χ0v) is 10.2. The number of hydrogen-bond donors (Lipinski definition) is 1. The molecule has 0 saturated heterocycles. The van der Waals surface area contributed by atoms with Gasteiger partial charge in [-0.25, -0.2) is 8.42 Å². The third-order valence-corrected chi connectivity index (χ3v) is 4.04. The number of rotatable bonds is 9. The molecule has 4 heteroatoms. The van der Waals surface area contributed by atoms with Gasteiger partial charge in [0.2, 0.25) is 0 Å². The summed E-state index contributed by atoms with van der Waals surface area (Å²) >= 11 is 0. The number of hydrogen-bond acceptors (Lipinski definition) is 3. The summed E-state index contributed by atoms with van der Waals surface area (Å²) in [7, 11) is -2.73. The van der Waals surface area contributed by atoms with Gasteiger partial charge in [0.15, 0.2) is 0 Å². The summed E-state index contributed by atoms with van der Waals surface area (Å²) in [5.41, 5.74) is 0. The lowest BCUT2D eigenvalue weighted by atomic mass is 10.2. The Morgan fingerprint density at radius 3 is 2.21 bits per heavy atom. The molecule has 0 radical (unpaired) electrons. The van der Waals surface area contributed by atoms with E-state index in [0.717, 1.165) is 38.8 Å². The van der Waals surface area contributed by atoms with Crippen LogP contribution in [0, 0.1) is 0 Å².